The summed E-state index contributed by atoms with van der Waals surface area (Å²) in [5.41, 5.74) is -0.886. The number of anilines is 1. The number of nitro groups is 1. The molecule has 7 nitrogen and oxygen atoms in total. The SMILES string of the molecule is Cc1nc(NC(C)(C(=O)O)C2CC2)ccc1[N+](=O)[O-]. The van der Waals surface area contributed by atoms with E-state index in [9.17, 15) is 20.0 Å². The van der Waals surface area contributed by atoms with E-state index in [1.54, 1.807) is 6.92 Å². The van der Waals surface area contributed by atoms with Crippen molar-refractivity contribution >= 4 is 17.5 Å². The van der Waals surface area contributed by atoms with Gasteiger partial charge in [0.2, 0.25) is 0 Å². The van der Waals surface area contributed by atoms with Crippen LogP contribution < -0.4 is 5.32 Å². The van der Waals surface area contributed by atoms with E-state index in [1.807, 2.05) is 0 Å². The molecule has 1 fully saturated rings. The summed E-state index contributed by atoms with van der Waals surface area (Å²) in [5, 5.41) is 22.9. The normalized spacial score (nSPS) is 17.6. The van der Waals surface area contributed by atoms with Crippen LogP contribution >= 0.6 is 0 Å². The molecule has 1 aliphatic rings. The molecule has 1 aliphatic carbocycles. The van der Waals surface area contributed by atoms with Crippen molar-refractivity contribution in [2.75, 3.05) is 5.32 Å². The Bertz CT molecular complexity index is 542. The molecule has 0 saturated heterocycles. The minimum atomic E-state index is -1.07. The molecule has 102 valence electrons. The molecular weight excluding hydrogens is 250 g/mol. The van der Waals surface area contributed by atoms with Gasteiger partial charge in [-0.15, -0.1) is 0 Å². The second-order valence-corrected chi connectivity index (χ2v) is 4.96. The first kappa shape index (κ1) is 13.3. The lowest BCUT2D eigenvalue weighted by Gasteiger charge is -2.26. The molecule has 1 saturated carbocycles. The van der Waals surface area contributed by atoms with Crippen LogP contribution in [0.1, 0.15) is 25.5 Å². The van der Waals surface area contributed by atoms with Crippen molar-refractivity contribution in [2.24, 2.45) is 5.92 Å². The molecule has 19 heavy (non-hydrogen) atoms. The minimum absolute atomic E-state index is 0.0716. The van der Waals surface area contributed by atoms with Gasteiger partial charge in [-0.05, 0) is 38.7 Å². The number of rotatable bonds is 5. The van der Waals surface area contributed by atoms with Crippen LogP contribution in [-0.4, -0.2) is 26.5 Å². The zero-order valence-corrected chi connectivity index (χ0v) is 10.7. The molecule has 2 N–H and O–H groups in total. The number of hydrogen-bond acceptors (Lipinski definition) is 5. The summed E-state index contributed by atoms with van der Waals surface area (Å²) in [6.07, 6.45) is 1.73. The number of carbonyl (C=O) groups is 1. The summed E-state index contributed by atoms with van der Waals surface area (Å²) in [7, 11) is 0. The quantitative estimate of drug-likeness (QED) is 0.622. The Morgan fingerprint density at radius 3 is 2.63 bits per heavy atom. The van der Waals surface area contributed by atoms with Crippen LogP contribution in [0.5, 0.6) is 0 Å². The third-order valence-electron chi connectivity index (χ3n) is 3.48. The maximum Gasteiger partial charge on any atom is 0.329 e. The summed E-state index contributed by atoms with van der Waals surface area (Å²) in [6.45, 7) is 3.14. The van der Waals surface area contributed by atoms with Gasteiger partial charge in [0.05, 0.1) is 4.92 Å². The van der Waals surface area contributed by atoms with Gasteiger partial charge in [-0.25, -0.2) is 9.78 Å². The van der Waals surface area contributed by atoms with E-state index < -0.39 is 16.4 Å². The molecule has 0 aliphatic heterocycles. The summed E-state index contributed by atoms with van der Waals surface area (Å²) in [6, 6.07) is 2.77. The highest BCUT2D eigenvalue weighted by Crippen LogP contribution is 2.41. The van der Waals surface area contributed by atoms with E-state index in [1.165, 1.54) is 19.1 Å². The van der Waals surface area contributed by atoms with Crippen LogP contribution in [0.25, 0.3) is 0 Å². The van der Waals surface area contributed by atoms with Crippen molar-refractivity contribution in [3.8, 4) is 0 Å². The van der Waals surface area contributed by atoms with Gasteiger partial charge in [0, 0.05) is 6.07 Å². The lowest BCUT2D eigenvalue weighted by Crippen LogP contribution is -2.45. The van der Waals surface area contributed by atoms with E-state index in [4.69, 9.17) is 0 Å². The zero-order chi connectivity index (χ0) is 14.2. The van der Waals surface area contributed by atoms with Crippen LogP contribution in [0.15, 0.2) is 12.1 Å². The third-order valence-corrected chi connectivity index (χ3v) is 3.48. The van der Waals surface area contributed by atoms with Crippen molar-refractivity contribution < 1.29 is 14.8 Å². The summed E-state index contributed by atoms with van der Waals surface area (Å²) in [4.78, 5) is 25.6. The van der Waals surface area contributed by atoms with Gasteiger partial charge in [0.1, 0.15) is 17.1 Å². The molecule has 1 unspecified atom stereocenters. The van der Waals surface area contributed by atoms with Gasteiger partial charge in [-0.1, -0.05) is 0 Å². The van der Waals surface area contributed by atoms with Crippen molar-refractivity contribution in [2.45, 2.75) is 32.2 Å². The predicted octanol–water partition coefficient (Wildman–Crippen LogP) is 1.96. The van der Waals surface area contributed by atoms with Gasteiger partial charge >= 0.3 is 5.97 Å². The van der Waals surface area contributed by atoms with E-state index in [0.717, 1.165) is 12.8 Å². The molecule has 2 rings (SSSR count). The van der Waals surface area contributed by atoms with E-state index in [0.29, 0.717) is 5.82 Å². The van der Waals surface area contributed by atoms with Crippen molar-refractivity contribution in [3.63, 3.8) is 0 Å². The van der Waals surface area contributed by atoms with Gasteiger partial charge in [-0.3, -0.25) is 10.1 Å². The highest BCUT2D eigenvalue weighted by molar-refractivity contribution is 5.83. The average Bonchev–Trinajstić information content (AvgIpc) is 3.11. The molecule has 1 atom stereocenters. The van der Waals surface area contributed by atoms with Crippen LogP contribution in [-0.2, 0) is 4.79 Å². The van der Waals surface area contributed by atoms with E-state index >= 15 is 0 Å². The second kappa shape index (κ2) is 4.49. The number of carboxylic acids is 1. The molecule has 1 aromatic heterocycles. The number of pyridine rings is 1. The van der Waals surface area contributed by atoms with Crippen LogP contribution in [0.3, 0.4) is 0 Å². The molecular formula is C12H15N3O4. The zero-order valence-electron chi connectivity index (χ0n) is 10.7. The monoisotopic (exact) mass is 265 g/mol. The molecule has 0 aromatic carbocycles. The fraction of sp³-hybridized carbons (Fsp3) is 0.500. The maximum atomic E-state index is 11.4. The van der Waals surface area contributed by atoms with Gasteiger partial charge in [-0.2, -0.15) is 0 Å². The Balaban J connectivity index is 2.25. The van der Waals surface area contributed by atoms with E-state index in [-0.39, 0.29) is 17.3 Å². The standard InChI is InChI=1S/C12H15N3O4/c1-7-9(15(18)19)5-6-10(13-7)14-12(2,11(16)17)8-3-4-8/h5-6,8H,3-4H2,1-2H3,(H,13,14)(H,16,17). The number of aliphatic carboxylic acids is 1. The number of carboxylic acid groups (broad SMARTS) is 1. The topological polar surface area (TPSA) is 105 Å². The molecule has 0 amide bonds. The molecule has 7 heteroatoms. The first-order valence-corrected chi connectivity index (χ1v) is 5.98. The Labute approximate surface area is 109 Å². The minimum Gasteiger partial charge on any atom is -0.480 e. The van der Waals surface area contributed by atoms with Gasteiger partial charge < -0.3 is 10.4 Å². The Morgan fingerprint density at radius 1 is 1.58 bits per heavy atom. The summed E-state index contributed by atoms with van der Waals surface area (Å²) >= 11 is 0. The van der Waals surface area contributed by atoms with Crippen LogP contribution in [0.4, 0.5) is 11.5 Å². The lowest BCUT2D eigenvalue weighted by molar-refractivity contribution is -0.385. The molecule has 1 aromatic rings. The second-order valence-electron chi connectivity index (χ2n) is 4.96. The fourth-order valence-corrected chi connectivity index (χ4v) is 2.07. The molecule has 0 spiro atoms. The fourth-order valence-electron chi connectivity index (χ4n) is 2.07. The summed E-state index contributed by atoms with van der Waals surface area (Å²) < 4.78 is 0. The number of aromatic nitrogens is 1. The highest BCUT2D eigenvalue weighted by Gasteiger charge is 2.47. The molecule has 1 heterocycles. The Kier molecular flexibility index (Phi) is 3.13. The van der Waals surface area contributed by atoms with Gasteiger partial charge in [0.15, 0.2) is 0 Å². The maximum absolute atomic E-state index is 11.4. The van der Waals surface area contributed by atoms with E-state index in [2.05, 4.69) is 10.3 Å². The first-order chi connectivity index (χ1) is 8.84. The Morgan fingerprint density at radius 2 is 2.21 bits per heavy atom. The highest BCUT2D eigenvalue weighted by atomic mass is 16.6. The number of aryl methyl sites for hydroxylation is 1. The van der Waals surface area contributed by atoms with Crippen molar-refractivity contribution in [1.29, 1.82) is 0 Å². The van der Waals surface area contributed by atoms with Gasteiger partial charge in [0.25, 0.3) is 5.69 Å². The molecule has 0 bridgehead atoms. The number of hydrogen-bond donors (Lipinski definition) is 2. The average molecular weight is 265 g/mol. The number of nitrogens with zero attached hydrogens (tertiary/aromatic N) is 2. The van der Waals surface area contributed by atoms with Crippen LogP contribution in [0, 0.1) is 23.0 Å². The van der Waals surface area contributed by atoms with Crippen LogP contribution in [0.2, 0.25) is 0 Å². The molecule has 0 radical (unpaired) electrons. The number of nitrogens with one attached hydrogen (secondary N) is 1. The Hall–Kier alpha value is -2.18. The van der Waals surface area contributed by atoms with Crippen molar-refractivity contribution in [1.82, 2.24) is 4.98 Å². The van der Waals surface area contributed by atoms with Crippen molar-refractivity contribution in [3.05, 3.63) is 27.9 Å². The predicted molar refractivity (Wildman–Crippen MR) is 68.0 cm³/mol. The summed E-state index contributed by atoms with van der Waals surface area (Å²) in [5.74, 6) is -0.519. The third kappa shape index (κ3) is 2.49. The lowest BCUT2D eigenvalue weighted by atomic mass is 9.96. The largest absolute Gasteiger partial charge is 0.480 e. The smallest absolute Gasteiger partial charge is 0.329 e. The first-order valence-electron chi connectivity index (χ1n) is 5.98.